The second-order valence-corrected chi connectivity index (χ2v) is 6.29. The molecule has 0 unspecified atom stereocenters. The van der Waals surface area contributed by atoms with Gasteiger partial charge in [-0.05, 0) is 37.2 Å². The van der Waals surface area contributed by atoms with E-state index in [0.717, 1.165) is 30.0 Å². The molecule has 2 aromatic rings. The Morgan fingerprint density at radius 3 is 3.20 bits per heavy atom. The Hall–Kier alpha value is -1.46. The second-order valence-electron chi connectivity index (χ2n) is 4.85. The van der Waals surface area contributed by atoms with Crippen molar-refractivity contribution in [3.05, 3.63) is 41.9 Å². The summed E-state index contributed by atoms with van der Waals surface area (Å²) in [5.74, 6) is 0. The van der Waals surface area contributed by atoms with Crippen molar-refractivity contribution in [2.24, 2.45) is 0 Å². The zero-order chi connectivity index (χ0) is 13.9. The number of nitrogens with one attached hydrogen (secondary N) is 1. The molecule has 0 aliphatic carbocycles. The largest absolute Gasteiger partial charge is 0.359 e. The molecule has 0 radical (unpaired) electrons. The lowest BCUT2D eigenvalue weighted by molar-refractivity contribution is 0.394. The minimum atomic E-state index is 0.317. The van der Waals surface area contributed by atoms with E-state index in [1.165, 1.54) is 9.71 Å². The van der Waals surface area contributed by atoms with Crippen LogP contribution in [0.2, 0.25) is 0 Å². The van der Waals surface area contributed by atoms with Gasteiger partial charge in [-0.25, -0.2) is 4.98 Å². The van der Waals surface area contributed by atoms with Gasteiger partial charge in [0, 0.05) is 13.1 Å². The molecule has 0 saturated carbocycles. The Bertz CT molecular complexity index is 602. The van der Waals surface area contributed by atoms with E-state index in [1.54, 1.807) is 11.3 Å². The number of para-hydroxylation sites is 1. The molecule has 3 nitrogen and oxygen atoms in total. The van der Waals surface area contributed by atoms with Gasteiger partial charge in [0.15, 0.2) is 5.11 Å². The third kappa shape index (κ3) is 2.55. The number of aromatic nitrogens is 1. The van der Waals surface area contributed by atoms with Crippen molar-refractivity contribution in [2.75, 3.05) is 13.1 Å². The van der Waals surface area contributed by atoms with Crippen LogP contribution >= 0.6 is 23.6 Å². The molecule has 104 valence electrons. The summed E-state index contributed by atoms with van der Waals surface area (Å²) >= 11 is 7.26. The van der Waals surface area contributed by atoms with Crippen LogP contribution in [0.4, 0.5) is 0 Å². The summed E-state index contributed by atoms with van der Waals surface area (Å²) in [6, 6.07) is 8.62. The zero-order valence-corrected chi connectivity index (χ0v) is 12.8. The molecule has 1 aromatic heterocycles. The maximum Gasteiger partial charge on any atom is 0.169 e. The van der Waals surface area contributed by atoms with Gasteiger partial charge in [0.1, 0.15) is 5.01 Å². The summed E-state index contributed by atoms with van der Waals surface area (Å²) in [6.07, 6.45) is 4.11. The van der Waals surface area contributed by atoms with Gasteiger partial charge in [-0.3, -0.25) is 0 Å². The van der Waals surface area contributed by atoms with E-state index >= 15 is 0 Å². The third-order valence-corrected chi connectivity index (χ3v) is 5.02. The van der Waals surface area contributed by atoms with Crippen molar-refractivity contribution in [3.8, 4) is 0 Å². The fourth-order valence-corrected chi connectivity index (χ4v) is 3.98. The number of thiazole rings is 1. The van der Waals surface area contributed by atoms with Gasteiger partial charge < -0.3 is 10.2 Å². The van der Waals surface area contributed by atoms with Gasteiger partial charge in [-0.15, -0.1) is 17.9 Å². The van der Waals surface area contributed by atoms with Gasteiger partial charge in [-0.1, -0.05) is 18.2 Å². The number of hydrogen-bond acceptors (Lipinski definition) is 3. The summed E-state index contributed by atoms with van der Waals surface area (Å²) in [5, 5.41) is 5.21. The molecule has 1 aliphatic rings. The van der Waals surface area contributed by atoms with E-state index in [2.05, 4.69) is 35.0 Å². The molecule has 1 atom stereocenters. The van der Waals surface area contributed by atoms with Crippen molar-refractivity contribution in [1.29, 1.82) is 0 Å². The zero-order valence-electron chi connectivity index (χ0n) is 11.2. The predicted octanol–water partition coefficient (Wildman–Crippen LogP) is 3.49. The van der Waals surface area contributed by atoms with Crippen molar-refractivity contribution in [2.45, 2.75) is 18.9 Å². The lowest BCUT2D eigenvalue weighted by Gasteiger charge is -2.25. The maximum absolute atomic E-state index is 5.48. The Kier molecular flexibility index (Phi) is 3.98. The van der Waals surface area contributed by atoms with Crippen LogP contribution in [-0.2, 0) is 0 Å². The van der Waals surface area contributed by atoms with Crippen LogP contribution in [0.15, 0.2) is 36.9 Å². The highest BCUT2D eigenvalue weighted by Gasteiger charge is 2.30. The Balaban J connectivity index is 1.84. The van der Waals surface area contributed by atoms with Gasteiger partial charge in [0.2, 0.25) is 0 Å². The van der Waals surface area contributed by atoms with E-state index in [4.69, 9.17) is 17.2 Å². The molecule has 2 heterocycles. The van der Waals surface area contributed by atoms with E-state index in [1.807, 2.05) is 12.1 Å². The summed E-state index contributed by atoms with van der Waals surface area (Å²) in [5.41, 5.74) is 1.09. The van der Waals surface area contributed by atoms with E-state index in [9.17, 15) is 0 Å². The summed E-state index contributed by atoms with van der Waals surface area (Å²) < 4.78 is 1.25. The molecule has 1 aromatic carbocycles. The third-order valence-electron chi connectivity index (χ3n) is 3.51. The number of fused-ring (bicyclic) bond motifs is 1. The first-order chi connectivity index (χ1) is 9.79. The van der Waals surface area contributed by atoms with Crippen LogP contribution in [0.5, 0.6) is 0 Å². The minimum absolute atomic E-state index is 0.317. The molecule has 1 saturated heterocycles. The SMILES string of the molecule is C=CCNC(=S)N1CCC[C@H]1c1nc2ccccc2s1. The van der Waals surface area contributed by atoms with E-state index in [0.29, 0.717) is 12.6 Å². The molecule has 0 bridgehead atoms. The summed E-state index contributed by atoms with van der Waals surface area (Å²) in [4.78, 5) is 7.04. The van der Waals surface area contributed by atoms with Crippen LogP contribution in [0.25, 0.3) is 10.2 Å². The Morgan fingerprint density at radius 1 is 1.55 bits per heavy atom. The molecule has 5 heteroatoms. The number of benzene rings is 1. The normalized spacial score (nSPS) is 18.4. The fourth-order valence-electron chi connectivity index (χ4n) is 2.56. The highest BCUT2D eigenvalue weighted by Crippen LogP contribution is 2.36. The number of hydrogen-bond donors (Lipinski definition) is 1. The first-order valence-electron chi connectivity index (χ1n) is 6.80. The van der Waals surface area contributed by atoms with Crippen LogP contribution in [0, 0.1) is 0 Å². The molecule has 1 aliphatic heterocycles. The molecule has 0 amide bonds. The van der Waals surface area contributed by atoms with Crippen molar-refractivity contribution >= 4 is 38.9 Å². The van der Waals surface area contributed by atoms with E-state index < -0.39 is 0 Å². The molecular formula is C15H17N3S2. The Morgan fingerprint density at radius 2 is 2.40 bits per heavy atom. The lowest BCUT2D eigenvalue weighted by Crippen LogP contribution is -2.39. The van der Waals surface area contributed by atoms with Gasteiger partial charge in [-0.2, -0.15) is 0 Å². The Labute approximate surface area is 128 Å². The first-order valence-corrected chi connectivity index (χ1v) is 8.03. The quantitative estimate of drug-likeness (QED) is 0.694. The molecular weight excluding hydrogens is 286 g/mol. The van der Waals surface area contributed by atoms with E-state index in [-0.39, 0.29) is 0 Å². The second kappa shape index (κ2) is 5.89. The van der Waals surface area contributed by atoms with Crippen LogP contribution in [0.1, 0.15) is 23.9 Å². The minimum Gasteiger partial charge on any atom is -0.359 e. The number of thiocarbonyl (C=S) groups is 1. The van der Waals surface area contributed by atoms with Crippen LogP contribution in [0.3, 0.4) is 0 Å². The molecule has 1 fully saturated rings. The predicted molar refractivity (Wildman–Crippen MR) is 89.1 cm³/mol. The monoisotopic (exact) mass is 303 g/mol. The first kappa shape index (κ1) is 13.5. The molecule has 1 N–H and O–H groups in total. The van der Waals surface area contributed by atoms with Crippen molar-refractivity contribution in [3.63, 3.8) is 0 Å². The lowest BCUT2D eigenvalue weighted by atomic mass is 10.2. The topological polar surface area (TPSA) is 28.2 Å². The van der Waals surface area contributed by atoms with Gasteiger partial charge in [0.05, 0.1) is 16.3 Å². The average Bonchev–Trinajstić information content (AvgIpc) is 3.09. The molecule has 20 heavy (non-hydrogen) atoms. The number of rotatable bonds is 3. The standard InChI is InChI=1S/C15H17N3S2/c1-2-9-16-15(19)18-10-5-7-12(18)14-17-11-6-3-4-8-13(11)20-14/h2-4,6,8,12H,1,5,7,9-10H2,(H,16,19)/t12-/m0/s1. The fraction of sp³-hybridized carbons (Fsp3) is 0.333. The van der Waals surface area contributed by atoms with Crippen molar-refractivity contribution < 1.29 is 0 Å². The highest BCUT2D eigenvalue weighted by molar-refractivity contribution is 7.80. The molecule has 0 spiro atoms. The number of likely N-dealkylation sites (tertiary alicyclic amines) is 1. The molecule has 3 rings (SSSR count). The highest BCUT2D eigenvalue weighted by atomic mass is 32.1. The van der Waals surface area contributed by atoms with Crippen LogP contribution in [-0.4, -0.2) is 28.1 Å². The average molecular weight is 303 g/mol. The van der Waals surface area contributed by atoms with Crippen LogP contribution < -0.4 is 5.32 Å². The number of nitrogens with zero attached hydrogens (tertiary/aromatic N) is 2. The summed E-state index contributed by atoms with van der Waals surface area (Å²) in [6.45, 7) is 5.43. The smallest absolute Gasteiger partial charge is 0.169 e. The van der Waals surface area contributed by atoms with Crippen molar-refractivity contribution in [1.82, 2.24) is 15.2 Å². The van der Waals surface area contributed by atoms with Gasteiger partial charge >= 0.3 is 0 Å². The summed E-state index contributed by atoms with van der Waals surface area (Å²) in [7, 11) is 0. The van der Waals surface area contributed by atoms with Gasteiger partial charge in [0.25, 0.3) is 0 Å². The maximum atomic E-state index is 5.48.